The number of benzene rings is 1. The molecule has 1 rings (SSSR count). The average Bonchev–Trinajstić information content (AvgIpc) is 2.39. The molecule has 0 saturated heterocycles. The molecule has 0 aliphatic rings. The number of hydrogen-bond acceptors (Lipinski definition) is 2. The van der Waals surface area contributed by atoms with Gasteiger partial charge in [-0.15, -0.1) is 0 Å². The van der Waals surface area contributed by atoms with Crippen LogP contribution >= 0.6 is 11.6 Å². The molecule has 0 fully saturated rings. The maximum atomic E-state index is 6.44. The normalized spacial score (nSPS) is 14.2. The maximum Gasteiger partial charge on any atom is 0.0474 e. The standard InChI is InChI=1S/C16H27ClN2/c1-6-12(4)19(8-3)14-9-10-15(16(17)11-14)13(5)18-7-2/h9-13,18H,6-8H2,1-5H3. The lowest BCUT2D eigenvalue weighted by molar-refractivity contribution is 0.597. The monoisotopic (exact) mass is 282 g/mol. The van der Waals surface area contributed by atoms with E-state index in [1.807, 2.05) is 0 Å². The molecule has 2 unspecified atom stereocenters. The number of nitrogens with one attached hydrogen (secondary N) is 1. The first kappa shape index (κ1) is 16.3. The molecule has 108 valence electrons. The molecule has 1 aromatic rings. The van der Waals surface area contributed by atoms with Gasteiger partial charge in [-0.05, 0) is 51.4 Å². The molecule has 0 spiro atoms. The predicted octanol–water partition coefficient (Wildman–Crippen LogP) is 4.64. The van der Waals surface area contributed by atoms with Crippen molar-refractivity contribution in [2.24, 2.45) is 0 Å². The van der Waals surface area contributed by atoms with Gasteiger partial charge in [0.2, 0.25) is 0 Å². The van der Waals surface area contributed by atoms with Gasteiger partial charge in [0.15, 0.2) is 0 Å². The topological polar surface area (TPSA) is 15.3 Å². The van der Waals surface area contributed by atoms with Crippen LogP contribution in [0, 0.1) is 0 Å². The lowest BCUT2D eigenvalue weighted by Gasteiger charge is -2.30. The minimum Gasteiger partial charge on any atom is -0.369 e. The fraction of sp³-hybridized carbons (Fsp3) is 0.625. The zero-order valence-electron chi connectivity index (χ0n) is 12.8. The summed E-state index contributed by atoms with van der Waals surface area (Å²) in [5.74, 6) is 0. The van der Waals surface area contributed by atoms with Crippen molar-refractivity contribution in [3.05, 3.63) is 28.8 Å². The van der Waals surface area contributed by atoms with Crippen LogP contribution in [0.2, 0.25) is 5.02 Å². The van der Waals surface area contributed by atoms with Gasteiger partial charge in [0.25, 0.3) is 0 Å². The number of hydrogen-bond donors (Lipinski definition) is 1. The third-order valence-corrected chi connectivity index (χ3v) is 4.08. The van der Waals surface area contributed by atoms with Crippen molar-refractivity contribution in [2.75, 3.05) is 18.0 Å². The van der Waals surface area contributed by atoms with Gasteiger partial charge in [-0.3, -0.25) is 0 Å². The molecule has 2 atom stereocenters. The zero-order valence-corrected chi connectivity index (χ0v) is 13.6. The van der Waals surface area contributed by atoms with Crippen molar-refractivity contribution in [1.82, 2.24) is 5.32 Å². The third-order valence-electron chi connectivity index (χ3n) is 3.76. The second-order valence-corrected chi connectivity index (χ2v) is 5.44. The van der Waals surface area contributed by atoms with E-state index in [1.54, 1.807) is 0 Å². The van der Waals surface area contributed by atoms with Crippen LogP contribution < -0.4 is 10.2 Å². The highest BCUT2D eigenvalue weighted by atomic mass is 35.5. The molecule has 2 nitrogen and oxygen atoms in total. The summed E-state index contributed by atoms with van der Waals surface area (Å²) in [5.41, 5.74) is 2.39. The highest BCUT2D eigenvalue weighted by Crippen LogP contribution is 2.29. The first-order valence-corrected chi connectivity index (χ1v) is 7.72. The summed E-state index contributed by atoms with van der Waals surface area (Å²) in [6.07, 6.45) is 1.14. The van der Waals surface area contributed by atoms with E-state index in [2.05, 4.69) is 63.0 Å². The van der Waals surface area contributed by atoms with Gasteiger partial charge in [-0.1, -0.05) is 31.5 Å². The lowest BCUT2D eigenvalue weighted by atomic mass is 10.1. The maximum absolute atomic E-state index is 6.44. The Kier molecular flexibility index (Phi) is 6.67. The first-order chi connectivity index (χ1) is 9.04. The van der Waals surface area contributed by atoms with E-state index in [-0.39, 0.29) is 0 Å². The first-order valence-electron chi connectivity index (χ1n) is 7.34. The highest BCUT2D eigenvalue weighted by Gasteiger charge is 2.14. The average molecular weight is 283 g/mol. The van der Waals surface area contributed by atoms with Gasteiger partial charge in [0.1, 0.15) is 0 Å². The van der Waals surface area contributed by atoms with Gasteiger partial charge in [0.05, 0.1) is 0 Å². The van der Waals surface area contributed by atoms with E-state index < -0.39 is 0 Å². The van der Waals surface area contributed by atoms with E-state index in [0.717, 1.165) is 24.5 Å². The molecular weight excluding hydrogens is 256 g/mol. The minimum atomic E-state index is 0.297. The Bertz CT molecular complexity index is 392. The molecule has 0 aliphatic carbocycles. The highest BCUT2D eigenvalue weighted by molar-refractivity contribution is 6.31. The van der Waals surface area contributed by atoms with Crippen molar-refractivity contribution in [2.45, 2.75) is 53.1 Å². The molecule has 0 bridgehead atoms. The molecule has 19 heavy (non-hydrogen) atoms. The molecular formula is C16H27ClN2. The van der Waals surface area contributed by atoms with E-state index in [0.29, 0.717) is 12.1 Å². The van der Waals surface area contributed by atoms with Crippen LogP contribution in [0.4, 0.5) is 5.69 Å². The van der Waals surface area contributed by atoms with Gasteiger partial charge < -0.3 is 10.2 Å². The molecule has 1 N–H and O–H groups in total. The third kappa shape index (κ3) is 4.12. The van der Waals surface area contributed by atoms with E-state index in [9.17, 15) is 0 Å². The summed E-state index contributed by atoms with van der Waals surface area (Å²) < 4.78 is 0. The zero-order chi connectivity index (χ0) is 14.4. The molecule has 3 heteroatoms. The Labute approximate surface area is 123 Å². The number of rotatable bonds is 7. The number of halogens is 1. The fourth-order valence-corrected chi connectivity index (χ4v) is 2.77. The summed E-state index contributed by atoms with van der Waals surface area (Å²) in [5, 5.41) is 4.26. The van der Waals surface area contributed by atoms with Crippen LogP contribution in [0.15, 0.2) is 18.2 Å². The Morgan fingerprint density at radius 2 is 1.89 bits per heavy atom. The summed E-state index contributed by atoms with van der Waals surface area (Å²) >= 11 is 6.44. The van der Waals surface area contributed by atoms with Gasteiger partial charge in [-0.25, -0.2) is 0 Å². The van der Waals surface area contributed by atoms with Gasteiger partial charge >= 0.3 is 0 Å². The van der Waals surface area contributed by atoms with Crippen LogP contribution in [0.3, 0.4) is 0 Å². The Morgan fingerprint density at radius 1 is 1.21 bits per heavy atom. The molecule has 0 aliphatic heterocycles. The van der Waals surface area contributed by atoms with Crippen LogP contribution in [0.25, 0.3) is 0 Å². The van der Waals surface area contributed by atoms with Crippen molar-refractivity contribution in [1.29, 1.82) is 0 Å². The van der Waals surface area contributed by atoms with Crippen LogP contribution in [0.1, 0.15) is 52.6 Å². The summed E-state index contributed by atoms with van der Waals surface area (Å²) in [7, 11) is 0. The molecule has 1 aromatic carbocycles. The van der Waals surface area contributed by atoms with E-state index in [4.69, 9.17) is 11.6 Å². The molecule has 0 saturated carbocycles. The minimum absolute atomic E-state index is 0.297. The van der Waals surface area contributed by atoms with Crippen molar-refractivity contribution < 1.29 is 0 Å². The van der Waals surface area contributed by atoms with Gasteiger partial charge in [0, 0.05) is 29.3 Å². The van der Waals surface area contributed by atoms with Crippen molar-refractivity contribution >= 4 is 17.3 Å². The SMILES string of the molecule is CCNC(C)c1ccc(N(CC)C(C)CC)cc1Cl. The quantitative estimate of drug-likeness (QED) is 0.784. The Hall–Kier alpha value is -0.730. The molecule has 0 radical (unpaired) electrons. The van der Waals surface area contributed by atoms with Crippen LogP contribution in [-0.4, -0.2) is 19.1 Å². The summed E-state index contributed by atoms with van der Waals surface area (Å²) in [6.45, 7) is 12.9. The largest absolute Gasteiger partial charge is 0.369 e. The lowest BCUT2D eigenvalue weighted by Crippen LogP contribution is -2.32. The summed E-state index contributed by atoms with van der Waals surface area (Å²) in [6, 6.07) is 7.27. The summed E-state index contributed by atoms with van der Waals surface area (Å²) in [4.78, 5) is 2.40. The fourth-order valence-electron chi connectivity index (χ4n) is 2.43. The number of nitrogens with zero attached hydrogens (tertiary/aromatic N) is 1. The van der Waals surface area contributed by atoms with Crippen LogP contribution in [0.5, 0.6) is 0 Å². The second kappa shape index (κ2) is 7.76. The molecule has 0 amide bonds. The van der Waals surface area contributed by atoms with E-state index >= 15 is 0 Å². The molecule has 0 aromatic heterocycles. The van der Waals surface area contributed by atoms with Crippen molar-refractivity contribution in [3.63, 3.8) is 0 Å². The smallest absolute Gasteiger partial charge is 0.0474 e. The molecule has 0 heterocycles. The van der Waals surface area contributed by atoms with Gasteiger partial charge in [-0.2, -0.15) is 0 Å². The second-order valence-electron chi connectivity index (χ2n) is 5.03. The Morgan fingerprint density at radius 3 is 2.37 bits per heavy atom. The number of anilines is 1. The predicted molar refractivity (Wildman–Crippen MR) is 86.3 cm³/mol. The van der Waals surface area contributed by atoms with Crippen molar-refractivity contribution in [3.8, 4) is 0 Å². The van der Waals surface area contributed by atoms with Crippen LogP contribution in [-0.2, 0) is 0 Å². The van der Waals surface area contributed by atoms with E-state index in [1.165, 1.54) is 11.3 Å². The Balaban J connectivity index is 2.98.